The molecular formula is C15H20N2O2. The molecule has 2 heterocycles. The van der Waals surface area contributed by atoms with Gasteiger partial charge in [0.25, 0.3) is 0 Å². The van der Waals surface area contributed by atoms with Crippen LogP contribution in [0.1, 0.15) is 18.4 Å². The SMILES string of the molecule is O=C(NCCc1ccccc1)N1[C@H]2CC[C@H]1COC2. The first-order chi connectivity index (χ1) is 9.34. The lowest BCUT2D eigenvalue weighted by molar-refractivity contribution is 0.00645. The molecule has 2 amide bonds. The first-order valence-corrected chi connectivity index (χ1v) is 7.02. The van der Waals surface area contributed by atoms with Crippen LogP contribution < -0.4 is 5.32 Å². The number of nitrogens with zero attached hydrogens (tertiary/aromatic N) is 1. The molecule has 4 nitrogen and oxygen atoms in total. The topological polar surface area (TPSA) is 41.6 Å². The number of amides is 2. The van der Waals surface area contributed by atoms with Gasteiger partial charge in [0.15, 0.2) is 0 Å². The van der Waals surface area contributed by atoms with Gasteiger partial charge in [-0.1, -0.05) is 30.3 Å². The minimum absolute atomic E-state index is 0.0757. The number of urea groups is 1. The Hall–Kier alpha value is -1.55. The lowest BCUT2D eigenvalue weighted by Crippen LogP contribution is -2.53. The fourth-order valence-electron chi connectivity index (χ4n) is 3.01. The summed E-state index contributed by atoms with van der Waals surface area (Å²) in [6, 6.07) is 10.9. The van der Waals surface area contributed by atoms with E-state index in [0.717, 1.165) is 19.3 Å². The summed E-state index contributed by atoms with van der Waals surface area (Å²) in [6.07, 6.45) is 3.04. The third kappa shape index (κ3) is 2.73. The number of hydrogen-bond acceptors (Lipinski definition) is 2. The van der Waals surface area contributed by atoms with E-state index in [0.29, 0.717) is 19.8 Å². The Morgan fingerprint density at radius 1 is 1.21 bits per heavy atom. The second kappa shape index (κ2) is 5.61. The van der Waals surface area contributed by atoms with Crippen LogP contribution in [0.25, 0.3) is 0 Å². The van der Waals surface area contributed by atoms with Crippen molar-refractivity contribution in [2.45, 2.75) is 31.3 Å². The Kier molecular flexibility index (Phi) is 3.69. The van der Waals surface area contributed by atoms with Crippen LogP contribution >= 0.6 is 0 Å². The van der Waals surface area contributed by atoms with Crippen molar-refractivity contribution in [1.82, 2.24) is 10.2 Å². The zero-order valence-electron chi connectivity index (χ0n) is 11.0. The van der Waals surface area contributed by atoms with Crippen LogP contribution in [0.2, 0.25) is 0 Å². The van der Waals surface area contributed by atoms with Crippen molar-refractivity contribution in [3.05, 3.63) is 35.9 Å². The Bertz CT molecular complexity index is 419. The van der Waals surface area contributed by atoms with Crippen LogP contribution in [-0.4, -0.2) is 42.8 Å². The van der Waals surface area contributed by atoms with E-state index in [1.54, 1.807) is 0 Å². The van der Waals surface area contributed by atoms with Gasteiger partial charge >= 0.3 is 6.03 Å². The monoisotopic (exact) mass is 260 g/mol. The summed E-state index contributed by atoms with van der Waals surface area (Å²) in [7, 11) is 0. The van der Waals surface area contributed by atoms with Crippen molar-refractivity contribution in [1.29, 1.82) is 0 Å². The highest BCUT2D eigenvalue weighted by Crippen LogP contribution is 2.28. The number of benzene rings is 1. The van der Waals surface area contributed by atoms with Gasteiger partial charge in [-0.05, 0) is 24.8 Å². The Morgan fingerprint density at radius 2 is 1.89 bits per heavy atom. The minimum Gasteiger partial charge on any atom is -0.377 e. The normalized spacial score (nSPS) is 25.4. The molecule has 2 atom stereocenters. The largest absolute Gasteiger partial charge is 0.377 e. The summed E-state index contributed by atoms with van der Waals surface area (Å²) < 4.78 is 5.49. The van der Waals surface area contributed by atoms with Crippen LogP contribution in [0.15, 0.2) is 30.3 Å². The molecule has 0 aliphatic carbocycles. The number of nitrogens with one attached hydrogen (secondary N) is 1. The highest BCUT2D eigenvalue weighted by Gasteiger charge is 2.40. The number of carbonyl (C=O) groups is 1. The summed E-state index contributed by atoms with van der Waals surface area (Å²) >= 11 is 0. The number of ether oxygens (including phenoxy) is 1. The van der Waals surface area contributed by atoms with E-state index in [1.165, 1.54) is 5.56 Å². The molecule has 19 heavy (non-hydrogen) atoms. The molecule has 4 heteroatoms. The zero-order valence-corrected chi connectivity index (χ0v) is 11.0. The van der Waals surface area contributed by atoms with Crippen LogP contribution in [-0.2, 0) is 11.2 Å². The van der Waals surface area contributed by atoms with Gasteiger partial charge in [-0.25, -0.2) is 4.79 Å². The maximum absolute atomic E-state index is 12.2. The maximum atomic E-state index is 12.2. The van der Waals surface area contributed by atoms with Crippen LogP contribution in [0.4, 0.5) is 4.79 Å². The second-order valence-electron chi connectivity index (χ2n) is 5.30. The minimum atomic E-state index is 0.0757. The van der Waals surface area contributed by atoms with E-state index < -0.39 is 0 Å². The van der Waals surface area contributed by atoms with E-state index in [2.05, 4.69) is 17.4 Å². The molecule has 0 aromatic heterocycles. The quantitative estimate of drug-likeness (QED) is 0.900. The van der Waals surface area contributed by atoms with Crippen molar-refractivity contribution >= 4 is 6.03 Å². The molecule has 3 rings (SSSR count). The standard InChI is InChI=1S/C15H20N2O2/c18-15(16-9-8-12-4-2-1-3-5-12)17-13-6-7-14(17)11-19-10-13/h1-5,13-14H,6-11H2,(H,16,18)/t13-,14-/m0/s1. The van der Waals surface area contributed by atoms with E-state index in [9.17, 15) is 4.79 Å². The molecule has 2 aliphatic heterocycles. The second-order valence-corrected chi connectivity index (χ2v) is 5.30. The molecule has 2 saturated heterocycles. The number of fused-ring (bicyclic) bond motifs is 2. The highest BCUT2D eigenvalue weighted by atomic mass is 16.5. The Labute approximate surface area is 113 Å². The van der Waals surface area contributed by atoms with E-state index in [-0.39, 0.29) is 18.1 Å². The maximum Gasteiger partial charge on any atom is 0.318 e. The first-order valence-electron chi connectivity index (χ1n) is 7.02. The van der Waals surface area contributed by atoms with Gasteiger partial charge in [0.1, 0.15) is 0 Å². The third-order valence-corrected chi connectivity index (χ3v) is 4.01. The van der Waals surface area contributed by atoms with E-state index in [1.807, 2.05) is 23.1 Å². The van der Waals surface area contributed by atoms with Gasteiger partial charge in [-0.3, -0.25) is 0 Å². The van der Waals surface area contributed by atoms with Crippen molar-refractivity contribution in [3.63, 3.8) is 0 Å². The Morgan fingerprint density at radius 3 is 2.58 bits per heavy atom. The van der Waals surface area contributed by atoms with Gasteiger partial charge in [0.05, 0.1) is 25.3 Å². The summed E-state index contributed by atoms with van der Waals surface area (Å²) in [4.78, 5) is 14.2. The molecule has 1 N–H and O–H groups in total. The molecule has 1 aromatic rings. The lowest BCUT2D eigenvalue weighted by Gasteiger charge is -2.34. The third-order valence-electron chi connectivity index (χ3n) is 4.01. The molecule has 2 aliphatic rings. The molecule has 1 aromatic carbocycles. The molecule has 2 fully saturated rings. The summed E-state index contributed by atoms with van der Waals surface area (Å²) in [5.41, 5.74) is 1.26. The Balaban J connectivity index is 1.49. The number of rotatable bonds is 3. The van der Waals surface area contributed by atoms with Crippen molar-refractivity contribution in [2.24, 2.45) is 0 Å². The lowest BCUT2D eigenvalue weighted by atomic mass is 10.1. The van der Waals surface area contributed by atoms with E-state index in [4.69, 9.17) is 4.74 Å². The predicted octanol–water partition coefficient (Wildman–Crippen LogP) is 1.80. The molecular weight excluding hydrogens is 240 g/mol. The fourth-order valence-corrected chi connectivity index (χ4v) is 3.01. The molecule has 0 radical (unpaired) electrons. The average molecular weight is 260 g/mol. The van der Waals surface area contributed by atoms with Gasteiger partial charge in [-0.15, -0.1) is 0 Å². The molecule has 0 spiro atoms. The van der Waals surface area contributed by atoms with Crippen molar-refractivity contribution in [2.75, 3.05) is 19.8 Å². The van der Waals surface area contributed by atoms with Crippen LogP contribution in [0.3, 0.4) is 0 Å². The highest BCUT2D eigenvalue weighted by molar-refractivity contribution is 5.75. The summed E-state index contributed by atoms with van der Waals surface area (Å²) in [5, 5.41) is 3.03. The van der Waals surface area contributed by atoms with Crippen LogP contribution in [0.5, 0.6) is 0 Å². The van der Waals surface area contributed by atoms with Gasteiger partial charge < -0.3 is 15.0 Å². The predicted molar refractivity (Wildman–Crippen MR) is 73.0 cm³/mol. The van der Waals surface area contributed by atoms with Gasteiger partial charge in [0.2, 0.25) is 0 Å². The molecule has 102 valence electrons. The van der Waals surface area contributed by atoms with Crippen LogP contribution in [0, 0.1) is 0 Å². The van der Waals surface area contributed by atoms with Crippen molar-refractivity contribution < 1.29 is 9.53 Å². The zero-order chi connectivity index (χ0) is 13.1. The molecule has 0 unspecified atom stereocenters. The molecule has 0 saturated carbocycles. The first kappa shape index (κ1) is 12.5. The van der Waals surface area contributed by atoms with Crippen molar-refractivity contribution in [3.8, 4) is 0 Å². The summed E-state index contributed by atoms with van der Waals surface area (Å²) in [6.45, 7) is 2.09. The number of hydrogen-bond donors (Lipinski definition) is 1. The summed E-state index contributed by atoms with van der Waals surface area (Å²) in [5.74, 6) is 0. The number of carbonyl (C=O) groups excluding carboxylic acids is 1. The van der Waals surface area contributed by atoms with Gasteiger partial charge in [-0.2, -0.15) is 0 Å². The fraction of sp³-hybridized carbons (Fsp3) is 0.533. The number of morpholine rings is 1. The smallest absolute Gasteiger partial charge is 0.318 e. The van der Waals surface area contributed by atoms with Gasteiger partial charge in [0, 0.05) is 6.54 Å². The van der Waals surface area contributed by atoms with E-state index >= 15 is 0 Å². The molecule has 2 bridgehead atoms. The average Bonchev–Trinajstić information content (AvgIpc) is 2.70.